The van der Waals surface area contributed by atoms with Crippen LogP contribution >= 0.6 is 0 Å². The van der Waals surface area contributed by atoms with Crippen LogP contribution in [0, 0.1) is 0 Å². The molecule has 18 heavy (non-hydrogen) atoms. The number of nitrogens with one attached hydrogen (secondary N) is 1. The van der Waals surface area contributed by atoms with Crippen molar-refractivity contribution < 1.29 is 4.74 Å². The minimum atomic E-state index is 0.323. The van der Waals surface area contributed by atoms with Gasteiger partial charge in [0.2, 0.25) is 0 Å². The molecule has 0 amide bonds. The summed E-state index contributed by atoms with van der Waals surface area (Å²) in [5, 5.41) is 3.45. The lowest BCUT2D eigenvalue weighted by atomic mass is 10.2. The monoisotopic (exact) mass is 249 g/mol. The average Bonchev–Trinajstić information content (AvgIpc) is 2.46. The van der Waals surface area contributed by atoms with Gasteiger partial charge < -0.3 is 15.0 Å². The molecule has 0 spiro atoms. The molecule has 4 heteroatoms. The van der Waals surface area contributed by atoms with E-state index in [-0.39, 0.29) is 0 Å². The second kappa shape index (κ2) is 6.71. The number of nitrogens with zero attached hydrogens (tertiary/aromatic N) is 2. The summed E-state index contributed by atoms with van der Waals surface area (Å²) >= 11 is 0. The molecule has 4 nitrogen and oxygen atoms in total. The number of hydrogen-bond donors (Lipinski definition) is 1. The van der Waals surface area contributed by atoms with Crippen molar-refractivity contribution in [2.45, 2.75) is 26.3 Å². The Bertz CT molecular complexity index is 347. The van der Waals surface area contributed by atoms with E-state index in [1.54, 1.807) is 0 Å². The smallest absolute Gasteiger partial charge is 0.0642 e. The van der Waals surface area contributed by atoms with Gasteiger partial charge in [-0.3, -0.25) is 4.98 Å². The molecular formula is C14H23N3O. The Morgan fingerprint density at radius 2 is 2.17 bits per heavy atom. The lowest BCUT2D eigenvalue weighted by Gasteiger charge is -2.28. The van der Waals surface area contributed by atoms with Crippen LogP contribution in [0.5, 0.6) is 0 Å². The third-order valence-corrected chi connectivity index (χ3v) is 3.29. The van der Waals surface area contributed by atoms with Crippen molar-refractivity contribution in [3.63, 3.8) is 0 Å². The highest BCUT2D eigenvalue weighted by atomic mass is 16.5. The Labute approximate surface area is 109 Å². The van der Waals surface area contributed by atoms with Gasteiger partial charge in [-0.2, -0.15) is 0 Å². The highest BCUT2D eigenvalue weighted by Gasteiger charge is 2.12. The number of hydrogen-bond acceptors (Lipinski definition) is 4. The second-order valence-electron chi connectivity index (χ2n) is 4.72. The van der Waals surface area contributed by atoms with E-state index in [9.17, 15) is 0 Å². The molecule has 0 bridgehead atoms. The first-order chi connectivity index (χ1) is 8.81. The molecule has 1 atom stereocenters. The van der Waals surface area contributed by atoms with Crippen LogP contribution in [-0.2, 0) is 4.74 Å². The van der Waals surface area contributed by atoms with E-state index in [0.29, 0.717) is 6.04 Å². The van der Waals surface area contributed by atoms with E-state index in [2.05, 4.69) is 41.2 Å². The fourth-order valence-corrected chi connectivity index (χ4v) is 2.13. The zero-order valence-corrected chi connectivity index (χ0v) is 11.4. The molecule has 2 heterocycles. The van der Waals surface area contributed by atoms with Gasteiger partial charge in [-0.15, -0.1) is 0 Å². The molecule has 100 valence electrons. The number of pyridine rings is 1. The van der Waals surface area contributed by atoms with Crippen molar-refractivity contribution in [2.24, 2.45) is 0 Å². The van der Waals surface area contributed by atoms with Gasteiger partial charge in [0, 0.05) is 19.1 Å². The summed E-state index contributed by atoms with van der Waals surface area (Å²) in [7, 11) is 0. The van der Waals surface area contributed by atoms with Gasteiger partial charge in [-0.25, -0.2) is 0 Å². The summed E-state index contributed by atoms with van der Waals surface area (Å²) in [6.45, 7) is 8.93. The van der Waals surface area contributed by atoms with Crippen LogP contribution in [0.25, 0.3) is 0 Å². The standard InChI is InChI=1S/C14H23N3O/c1-3-6-15-12(2)14-5-4-13(11-16-14)17-7-9-18-10-8-17/h4-5,11-12,15H,3,6-10H2,1-2H3. The van der Waals surface area contributed by atoms with Gasteiger partial charge >= 0.3 is 0 Å². The largest absolute Gasteiger partial charge is 0.378 e. The van der Waals surface area contributed by atoms with E-state index in [0.717, 1.165) is 45.0 Å². The number of ether oxygens (including phenoxy) is 1. The minimum absolute atomic E-state index is 0.323. The number of morpholine rings is 1. The predicted molar refractivity (Wildman–Crippen MR) is 74.0 cm³/mol. The van der Waals surface area contributed by atoms with Gasteiger partial charge in [0.05, 0.1) is 30.8 Å². The molecule has 0 aromatic carbocycles. The van der Waals surface area contributed by atoms with E-state index in [1.807, 2.05) is 6.20 Å². The summed E-state index contributed by atoms with van der Waals surface area (Å²) < 4.78 is 5.36. The maximum absolute atomic E-state index is 5.36. The molecule has 1 aromatic heterocycles. The van der Waals surface area contributed by atoms with Gasteiger partial charge in [0.15, 0.2) is 0 Å². The summed E-state index contributed by atoms with van der Waals surface area (Å²) in [6, 6.07) is 4.61. The Hall–Kier alpha value is -1.13. The number of aromatic nitrogens is 1. The Balaban J connectivity index is 1.95. The minimum Gasteiger partial charge on any atom is -0.378 e. The van der Waals surface area contributed by atoms with Gasteiger partial charge in [-0.05, 0) is 32.0 Å². The molecule has 0 aliphatic carbocycles. The van der Waals surface area contributed by atoms with Crippen molar-refractivity contribution in [1.82, 2.24) is 10.3 Å². The van der Waals surface area contributed by atoms with Crippen LogP contribution in [-0.4, -0.2) is 37.8 Å². The van der Waals surface area contributed by atoms with Gasteiger partial charge in [-0.1, -0.05) is 6.92 Å². The van der Waals surface area contributed by atoms with E-state index >= 15 is 0 Å². The van der Waals surface area contributed by atoms with Crippen molar-refractivity contribution in [1.29, 1.82) is 0 Å². The van der Waals surface area contributed by atoms with Crippen molar-refractivity contribution >= 4 is 5.69 Å². The van der Waals surface area contributed by atoms with Crippen molar-refractivity contribution in [3.8, 4) is 0 Å². The molecule has 1 unspecified atom stereocenters. The van der Waals surface area contributed by atoms with Crippen LogP contribution in [0.2, 0.25) is 0 Å². The van der Waals surface area contributed by atoms with Gasteiger partial charge in [0.1, 0.15) is 0 Å². The van der Waals surface area contributed by atoms with E-state index < -0.39 is 0 Å². The van der Waals surface area contributed by atoms with Crippen molar-refractivity contribution in [3.05, 3.63) is 24.0 Å². The number of anilines is 1. The molecule has 1 saturated heterocycles. The second-order valence-corrected chi connectivity index (χ2v) is 4.72. The summed E-state index contributed by atoms with van der Waals surface area (Å²) in [6.07, 6.45) is 3.13. The first kappa shape index (κ1) is 13.3. The zero-order chi connectivity index (χ0) is 12.8. The van der Waals surface area contributed by atoms with Crippen LogP contribution in [0.15, 0.2) is 18.3 Å². The first-order valence-corrected chi connectivity index (χ1v) is 6.83. The fourth-order valence-electron chi connectivity index (χ4n) is 2.13. The van der Waals surface area contributed by atoms with Crippen LogP contribution in [0.1, 0.15) is 32.0 Å². The van der Waals surface area contributed by atoms with Crippen LogP contribution < -0.4 is 10.2 Å². The third kappa shape index (κ3) is 3.43. The molecule has 1 aliphatic heterocycles. The SMILES string of the molecule is CCCNC(C)c1ccc(N2CCOCC2)cn1. The lowest BCUT2D eigenvalue weighted by molar-refractivity contribution is 0.122. The highest BCUT2D eigenvalue weighted by Crippen LogP contribution is 2.17. The number of rotatable bonds is 5. The molecule has 0 saturated carbocycles. The maximum Gasteiger partial charge on any atom is 0.0642 e. The van der Waals surface area contributed by atoms with E-state index in [1.165, 1.54) is 5.69 Å². The van der Waals surface area contributed by atoms with Crippen LogP contribution in [0.4, 0.5) is 5.69 Å². The average molecular weight is 249 g/mol. The van der Waals surface area contributed by atoms with E-state index in [4.69, 9.17) is 4.74 Å². The molecule has 1 aliphatic rings. The predicted octanol–water partition coefficient (Wildman–Crippen LogP) is 1.98. The summed E-state index contributed by atoms with van der Waals surface area (Å²) in [5.74, 6) is 0. The molecule has 1 aromatic rings. The Morgan fingerprint density at radius 1 is 1.39 bits per heavy atom. The highest BCUT2D eigenvalue weighted by molar-refractivity contribution is 5.45. The molecule has 1 N–H and O–H groups in total. The maximum atomic E-state index is 5.36. The van der Waals surface area contributed by atoms with Gasteiger partial charge in [0.25, 0.3) is 0 Å². The summed E-state index contributed by atoms with van der Waals surface area (Å²) in [5.41, 5.74) is 2.31. The lowest BCUT2D eigenvalue weighted by Crippen LogP contribution is -2.36. The quantitative estimate of drug-likeness (QED) is 0.866. The van der Waals surface area contributed by atoms with Crippen LogP contribution in [0.3, 0.4) is 0 Å². The molecular weight excluding hydrogens is 226 g/mol. The molecule has 2 rings (SSSR count). The third-order valence-electron chi connectivity index (χ3n) is 3.29. The zero-order valence-electron chi connectivity index (χ0n) is 11.4. The first-order valence-electron chi connectivity index (χ1n) is 6.83. The topological polar surface area (TPSA) is 37.4 Å². The van der Waals surface area contributed by atoms with Crippen molar-refractivity contribution in [2.75, 3.05) is 37.7 Å². The normalized spacial score (nSPS) is 17.8. The Morgan fingerprint density at radius 3 is 2.78 bits per heavy atom. The fraction of sp³-hybridized carbons (Fsp3) is 0.643. The molecule has 0 radical (unpaired) electrons. The summed E-state index contributed by atoms with van der Waals surface area (Å²) in [4.78, 5) is 6.89. The Kier molecular flexibility index (Phi) is 4.96. The molecule has 1 fully saturated rings.